The molecule has 1 atom stereocenters. The number of rotatable bonds is 5. The molecule has 0 radical (unpaired) electrons. The lowest BCUT2D eigenvalue weighted by Crippen LogP contribution is -2.34. The molecular formula is C13H15ClFNO2. The van der Waals surface area contributed by atoms with Gasteiger partial charge in [0.1, 0.15) is 5.82 Å². The molecule has 98 valence electrons. The fourth-order valence-corrected chi connectivity index (χ4v) is 2.49. The van der Waals surface area contributed by atoms with Crippen LogP contribution in [0, 0.1) is 5.82 Å². The lowest BCUT2D eigenvalue weighted by atomic mass is 10.1. The number of carboxylic acids is 1. The predicted octanol–water partition coefficient (Wildman–Crippen LogP) is 3.09. The van der Waals surface area contributed by atoms with Crippen LogP contribution >= 0.6 is 11.6 Å². The van der Waals surface area contributed by atoms with Crippen LogP contribution in [-0.4, -0.2) is 28.6 Å². The van der Waals surface area contributed by atoms with Gasteiger partial charge in [-0.3, -0.25) is 9.69 Å². The van der Waals surface area contributed by atoms with Crippen molar-refractivity contribution in [2.75, 3.05) is 6.54 Å². The van der Waals surface area contributed by atoms with Crippen LogP contribution in [0.25, 0.3) is 0 Å². The normalized spacial score (nSPS) is 16.9. The van der Waals surface area contributed by atoms with E-state index in [-0.39, 0.29) is 18.4 Å². The van der Waals surface area contributed by atoms with Gasteiger partial charge in [-0.05, 0) is 37.5 Å². The summed E-state index contributed by atoms with van der Waals surface area (Å²) in [5.74, 6) is -1.24. The van der Waals surface area contributed by atoms with E-state index < -0.39 is 5.97 Å². The monoisotopic (exact) mass is 271 g/mol. The number of benzene rings is 1. The molecule has 0 amide bonds. The highest BCUT2D eigenvalue weighted by atomic mass is 35.5. The number of carbonyl (C=O) groups is 1. The summed E-state index contributed by atoms with van der Waals surface area (Å²) in [5, 5.41) is 9.28. The molecule has 0 spiro atoms. The van der Waals surface area contributed by atoms with E-state index >= 15 is 0 Å². The summed E-state index contributed by atoms with van der Waals surface area (Å²) >= 11 is 6.02. The number of aliphatic carboxylic acids is 1. The van der Waals surface area contributed by atoms with Crippen molar-refractivity contribution in [3.8, 4) is 0 Å². The molecule has 3 nitrogen and oxygen atoms in total. The van der Waals surface area contributed by atoms with Crippen LogP contribution in [0.4, 0.5) is 4.39 Å². The van der Waals surface area contributed by atoms with Gasteiger partial charge in [0.2, 0.25) is 0 Å². The lowest BCUT2D eigenvalue weighted by Gasteiger charge is -2.28. The maximum absolute atomic E-state index is 13.0. The van der Waals surface area contributed by atoms with E-state index in [1.807, 2.05) is 11.8 Å². The van der Waals surface area contributed by atoms with Gasteiger partial charge in [-0.25, -0.2) is 4.39 Å². The van der Waals surface area contributed by atoms with Gasteiger partial charge in [0.25, 0.3) is 0 Å². The van der Waals surface area contributed by atoms with Crippen molar-refractivity contribution in [3.63, 3.8) is 0 Å². The van der Waals surface area contributed by atoms with Crippen molar-refractivity contribution in [1.82, 2.24) is 4.90 Å². The Bertz CT molecular complexity index is 462. The van der Waals surface area contributed by atoms with Crippen LogP contribution in [0.1, 0.15) is 31.4 Å². The van der Waals surface area contributed by atoms with E-state index in [2.05, 4.69) is 0 Å². The molecule has 1 aliphatic carbocycles. The van der Waals surface area contributed by atoms with Gasteiger partial charge < -0.3 is 5.11 Å². The smallest absolute Gasteiger partial charge is 0.317 e. The second-order valence-corrected chi connectivity index (χ2v) is 5.05. The van der Waals surface area contributed by atoms with Crippen molar-refractivity contribution in [2.24, 2.45) is 0 Å². The maximum Gasteiger partial charge on any atom is 0.317 e. The Labute approximate surface area is 110 Å². The minimum Gasteiger partial charge on any atom is -0.480 e. The van der Waals surface area contributed by atoms with Crippen LogP contribution in [0.2, 0.25) is 5.02 Å². The van der Waals surface area contributed by atoms with E-state index in [4.69, 9.17) is 16.7 Å². The Balaban J connectivity index is 2.21. The summed E-state index contributed by atoms with van der Waals surface area (Å²) in [4.78, 5) is 12.8. The molecule has 1 aromatic rings. The SMILES string of the molecule is CC(c1ccc(F)cc1Cl)N(CC(=O)O)C1CC1. The molecule has 1 N–H and O–H groups in total. The third-order valence-electron chi connectivity index (χ3n) is 3.24. The quantitative estimate of drug-likeness (QED) is 0.895. The van der Waals surface area contributed by atoms with Gasteiger partial charge >= 0.3 is 5.97 Å². The zero-order valence-corrected chi connectivity index (χ0v) is 10.8. The molecule has 1 fully saturated rings. The number of halogens is 2. The molecule has 2 rings (SSSR count). The van der Waals surface area contributed by atoms with Crippen LogP contribution in [0.3, 0.4) is 0 Å². The van der Waals surface area contributed by atoms with Gasteiger partial charge in [0.15, 0.2) is 0 Å². The summed E-state index contributed by atoms with van der Waals surface area (Å²) in [6.07, 6.45) is 2.02. The molecule has 1 saturated carbocycles. The van der Waals surface area contributed by atoms with E-state index in [0.29, 0.717) is 11.1 Å². The van der Waals surface area contributed by atoms with Crippen molar-refractivity contribution in [2.45, 2.75) is 31.8 Å². The standard InChI is InChI=1S/C13H15ClFNO2/c1-8(11-5-2-9(15)6-12(11)14)16(7-13(17)18)10-3-4-10/h2,5-6,8,10H,3-4,7H2,1H3,(H,17,18). The summed E-state index contributed by atoms with van der Waals surface area (Å²) in [7, 11) is 0. The second-order valence-electron chi connectivity index (χ2n) is 4.64. The van der Waals surface area contributed by atoms with Crippen LogP contribution < -0.4 is 0 Å². The first kappa shape index (κ1) is 13.3. The van der Waals surface area contributed by atoms with E-state index in [0.717, 1.165) is 18.4 Å². The molecule has 0 aromatic heterocycles. The van der Waals surface area contributed by atoms with Crippen LogP contribution in [0.15, 0.2) is 18.2 Å². The highest BCUT2D eigenvalue weighted by Crippen LogP contribution is 2.36. The number of hydrogen-bond donors (Lipinski definition) is 1. The minimum atomic E-state index is -0.855. The Kier molecular flexibility index (Phi) is 3.88. The zero-order valence-electron chi connectivity index (χ0n) is 10.1. The van der Waals surface area contributed by atoms with E-state index in [9.17, 15) is 9.18 Å². The summed E-state index contributed by atoms with van der Waals surface area (Å²) < 4.78 is 13.0. The van der Waals surface area contributed by atoms with Crippen molar-refractivity contribution >= 4 is 17.6 Å². The summed E-state index contributed by atoms with van der Waals surface area (Å²) in [5.41, 5.74) is 0.770. The molecule has 1 aliphatic rings. The Morgan fingerprint density at radius 2 is 2.28 bits per heavy atom. The zero-order chi connectivity index (χ0) is 13.3. The first-order valence-electron chi connectivity index (χ1n) is 5.91. The summed E-state index contributed by atoms with van der Waals surface area (Å²) in [6, 6.07) is 4.42. The summed E-state index contributed by atoms with van der Waals surface area (Å²) in [6.45, 7) is 1.89. The van der Waals surface area contributed by atoms with Crippen LogP contribution in [-0.2, 0) is 4.79 Å². The Hall–Kier alpha value is -1.13. The third-order valence-corrected chi connectivity index (χ3v) is 3.57. The van der Waals surface area contributed by atoms with E-state index in [1.165, 1.54) is 12.1 Å². The minimum absolute atomic E-state index is 0.0143. The average Bonchev–Trinajstić information content (AvgIpc) is 3.08. The van der Waals surface area contributed by atoms with Crippen molar-refractivity contribution < 1.29 is 14.3 Å². The topological polar surface area (TPSA) is 40.5 Å². The van der Waals surface area contributed by atoms with Gasteiger partial charge in [-0.15, -0.1) is 0 Å². The third kappa shape index (κ3) is 3.00. The highest BCUT2D eigenvalue weighted by molar-refractivity contribution is 6.31. The first-order valence-corrected chi connectivity index (χ1v) is 6.29. The van der Waals surface area contributed by atoms with E-state index in [1.54, 1.807) is 6.07 Å². The van der Waals surface area contributed by atoms with Gasteiger partial charge in [0, 0.05) is 17.1 Å². The van der Waals surface area contributed by atoms with Gasteiger partial charge in [-0.2, -0.15) is 0 Å². The first-order chi connectivity index (χ1) is 8.49. The van der Waals surface area contributed by atoms with Crippen molar-refractivity contribution in [1.29, 1.82) is 0 Å². The fourth-order valence-electron chi connectivity index (χ4n) is 2.16. The largest absolute Gasteiger partial charge is 0.480 e. The highest BCUT2D eigenvalue weighted by Gasteiger charge is 2.34. The average molecular weight is 272 g/mol. The molecule has 1 aromatic carbocycles. The molecule has 0 heterocycles. The molecule has 0 bridgehead atoms. The maximum atomic E-state index is 13.0. The molecule has 0 saturated heterocycles. The van der Waals surface area contributed by atoms with Gasteiger partial charge in [-0.1, -0.05) is 17.7 Å². The molecule has 18 heavy (non-hydrogen) atoms. The van der Waals surface area contributed by atoms with Gasteiger partial charge in [0.05, 0.1) is 6.54 Å². The Morgan fingerprint density at radius 1 is 1.61 bits per heavy atom. The number of hydrogen-bond acceptors (Lipinski definition) is 2. The fraction of sp³-hybridized carbons (Fsp3) is 0.462. The van der Waals surface area contributed by atoms with Crippen molar-refractivity contribution in [3.05, 3.63) is 34.6 Å². The predicted molar refractivity (Wildman–Crippen MR) is 67.2 cm³/mol. The molecular weight excluding hydrogens is 257 g/mol. The Morgan fingerprint density at radius 3 is 2.78 bits per heavy atom. The number of nitrogens with zero attached hydrogens (tertiary/aromatic N) is 1. The van der Waals surface area contributed by atoms with Crippen LogP contribution in [0.5, 0.6) is 0 Å². The molecule has 0 aliphatic heterocycles. The molecule has 5 heteroatoms. The number of carboxylic acid groups (broad SMARTS) is 1. The molecule has 1 unspecified atom stereocenters. The second kappa shape index (κ2) is 5.24. The lowest BCUT2D eigenvalue weighted by molar-refractivity contribution is -0.139.